The van der Waals surface area contributed by atoms with Gasteiger partial charge in [0.15, 0.2) is 0 Å². The summed E-state index contributed by atoms with van der Waals surface area (Å²) in [4.78, 5) is 2.53. The lowest BCUT2D eigenvalue weighted by Gasteiger charge is -2.33. The number of rotatable bonds is 7. The van der Waals surface area contributed by atoms with Crippen molar-refractivity contribution in [3.63, 3.8) is 0 Å². The summed E-state index contributed by atoms with van der Waals surface area (Å²) in [5, 5.41) is 3.61. The van der Waals surface area contributed by atoms with Crippen molar-refractivity contribution in [2.45, 2.75) is 52.1 Å². The molecule has 2 unspecified atom stereocenters. The van der Waals surface area contributed by atoms with Crippen LogP contribution in [0.1, 0.15) is 40.0 Å². The van der Waals surface area contributed by atoms with Crippen LogP contribution in [0.2, 0.25) is 0 Å². The highest BCUT2D eigenvalue weighted by Gasteiger charge is 2.19. The number of likely N-dealkylation sites (N-methyl/N-ethyl adjacent to an activating group) is 1. The van der Waals surface area contributed by atoms with Gasteiger partial charge in [0.1, 0.15) is 0 Å². The predicted molar refractivity (Wildman–Crippen MR) is 68.8 cm³/mol. The van der Waals surface area contributed by atoms with Crippen LogP contribution < -0.4 is 5.32 Å². The predicted octanol–water partition coefficient (Wildman–Crippen LogP) is 1.88. The molecule has 16 heavy (non-hydrogen) atoms. The molecule has 1 heterocycles. The summed E-state index contributed by atoms with van der Waals surface area (Å²) < 4.78 is 5.51. The molecular formula is C13H28N2O. The third-order valence-corrected chi connectivity index (χ3v) is 3.46. The molecule has 1 N–H and O–H groups in total. The Morgan fingerprint density at radius 2 is 2.19 bits per heavy atom. The highest BCUT2D eigenvalue weighted by Crippen LogP contribution is 2.10. The Morgan fingerprint density at radius 1 is 1.38 bits per heavy atom. The van der Waals surface area contributed by atoms with Gasteiger partial charge in [0.2, 0.25) is 0 Å². The maximum atomic E-state index is 5.51. The van der Waals surface area contributed by atoms with E-state index in [9.17, 15) is 0 Å². The summed E-state index contributed by atoms with van der Waals surface area (Å²) in [6.45, 7) is 11.7. The molecule has 1 aliphatic heterocycles. The zero-order chi connectivity index (χ0) is 11.8. The smallest absolute Gasteiger partial charge is 0.0618 e. The zero-order valence-electron chi connectivity index (χ0n) is 11.2. The van der Waals surface area contributed by atoms with Gasteiger partial charge in [-0.1, -0.05) is 13.3 Å². The van der Waals surface area contributed by atoms with E-state index >= 15 is 0 Å². The fourth-order valence-corrected chi connectivity index (χ4v) is 2.38. The van der Waals surface area contributed by atoms with Crippen LogP contribution in [-0.2, 0) is 4.74 Å². The molecule has 96 valence electrons. The molecule has 0 aromatic heterocycles. The van der Waals surface area contributed by atoms with E-state index < -0.39 is 0 Å². The Hall–Kier alpha value is -0.120. The number of hydrogen-bond donors (Lipinski definition) is 1. The lowest BCUT2D eigenvalue weighted by molar-refractivity contribution is 0.0692. The molecule has 1 fully saturated rings. The Morgan fingerprint density at radius 3 is 2.75 bits per heavy atom. The van der Waals surface area contributed by atoms with Crippen molar-refractivity contribution in [1.82, 2.24) is 10.2 Å². The van der Waals surface area contributed by atoms with E-state index in [-0.39, 0.29) is 0 Å². The highest BCUT2D eigenvalue weighted by molar-refractivity contribution is 4.78. The minimum absolute atomic E-state index is 0.536. The quantitative estimate of drug-likeness (QED) is 0.720. The van der Waals surface area contributed by atoms with Crippen molar-refractivity contribution in [2.75, 3.05) is 32.8 Å². The topological polar surface area (TPSA) is 24.5 Å². The van der Waals surface area contributed by atoms with Gasteiger partial charge in [-0.15, -0.1) is 0 Å². The molecule has 0 aliphatic carbocycles. The van der Waals surface area contributed by atoms with Crippen LogP contribution in [0.3, 0.4) is 0 Å². The van der Waals surface area contributed by atoms with Crippen molar-refractivity contribution in [3.8, 4) is 0 Å². The number of hydrogen-bond acceptors (Lipinski definition) is 3. The molecule has 0 aromatic rings. The average molecular weight is 228 g/mol. The third kappa shape index (κ3) is 4.81. The first-order valence-electron chi connectivity index (χ1n) is 6.83. The van der Waals surface area contributed by atoms with Crippen LogP contribution in [0.15, 0.2) is 0 Å². The first kappa shape index (κ1) is 13.9. The van der Waals surface area contributed by atoms with Crippen LogP contribution in [0.5, 0.6) is 0 Å². The van der Waals surface area contributed by atoms with E-state index in [4.69, 9.17) is 4.74 Å². The van der Waals surface area contributed by atoms with E-state index in [1.807, 2.05) is 0 Å². The fraction of sp³-hybridized carbons (Fsp3) is 1.00. The molecule has 1 aliphatic rings. The van der Waals surface area contributed by atoms with E-state index in [2.05, 4.69) is 31.0 Å². The van der Waals surface area contributed by atoms with Gasteiger partial charge in [0, 0.05) is 25.2 Å². The Kier molecular flexibility index (Phi) is 7.01. The van der Waals surface area contributed by atoms with Gasteiger partial charge < -0.3 is 10.1 Å². The molecule has 1 saturated heterocycles. The van der Waals surface area contributed by atoms with Crippen LogP contribution >= 0.6 is 0 Å². The van der Waals surface area contributed by atoms with Gasteiger partial charge in [-0.2, -0.15) is 0 Å². The molecule has 0 aromatic carbocycles. The summed E-state index contributed by atoms with van der Waals surface area (Å²) in [6, 6.07) is 1.23. The second-order valence-electron chi connectivity index (χ2n) is 4.74. The Balaban J connectivity index is 2.28. The van der Waals surface area contributed by atoms with Gasteiger partial charge >= 0.3 is 0 Å². The van der Waals surface area contributed by atoms with Crippen LogP contribution in [-0.4, -0.2) is 49.8 Å². The molecule has 0 radical (unpaired) electrons. The van der Waals surface area contributed by atoms with Gasteiger partial charge in [-0.05, 0) is 39.8 Å². The molecule has 0 amide bonds. The van der Waals surface area contributed by atoms with Crippen LogP contribution in [0.4, 0.5) is 0 Å². The maximum Gasteiger partial charge on any atom is 0.0618 e. The van der Waals surface area contributed by atoms with E-state index in [1.54, 1.807) is 0 Å². The van der Waals surface area contributed by atoms with Crippen molar-refractivity contribution in [3.05, 3.63) is 0 Å². The molecule has 0 spiro atoms. The lowest BCUT2D eigenvalue weighted by atomic mass is 10.0. The lowest BCUT2D eigenvalue weighted by Crippen LogP contribution is -2.47. The molecular weight excluding hydrogens is 200 g/mol. The molecule has 2 atom stereocenters. The average Bonchev–Trinajstić information content (AvgIpc) is 2.34. The fourth-order valence-electron chi connectivity index (χ4n) is 2.38. The number of piperidine rings is 1. The third-order valence-electron chi connectivity index (χ3n) is 3.46. The summed E-state index contributed by atoms with van der Waals surface area (Å²) in [6.07, 6.45) is 4.06. The van der Waals surface area contributed by atoms with Crippen molar-refractivity contribution < 1.29 is 4.74 Å². The second-order valence-corrected chi connectivity index (χ2v) is 4.74. The van der Waals surface area contributed by atoms with Crippen LogP contribution in [0.25, 0.3) is 0 Å². The largest absolute Gasteiger partial charge is 0.380 e. The van der Waals surface area contributed by atoms with Gasteiger partial charge in [0.05, 0.1) is 6.61 Å². The van der Waals surface area contributed by atoms with Crippen molar-refractivity contribution in [2.24, 2.45) is 0 Å². The van der Waals surface area contributed by atoms with Crippen molar-refractivity contribution >= 4 is 0 Å². The summed E-state index contributed by atoms with van der Waals surface area (Å²) in [7, 11) is 0. The van der Waals surface area contributed by atoms with E-state index in [0.717, 1.165) is 19.8 Å². The Bertz CT molecular complexity index is 169. The summed E-state index contributed by atoms with van der Waals surface area (Å²) in [5.41, 5.74) is 0. The van der Waals surface area contributed by atoms with Crippen LogP contribution in [0, 0.1) is 0 Å². The summed E-state index contributed by atoms with van der Waals surface area (Å²) in [5.74, 6) is 0. The maximum absolute atomic E-state index is 5.51. The Labute approximate surface area is 101 Å². The highest BCUT2D eigenvalue weighted by atomic mass is 16.5. The number of nitrogens with one attached hydrogen (secondary N) is 1. The number of ether oxygens (including phenoxy) is 1. The monoisotopic (exact) mass is 228 g/mol. The first-order chi connectivity index (χ1) is 7.77. The molecule has 3 heteroatoms. The summed E-state index contributed by atoms with van der Waals surface area (Å²) >= 11 is 0. The van der Waals surface area contributed by atoms with Gasteiger partial charge in [-0.3, -0.25) is 4.90 Å². The SMILES string of the molecule is CCOCC(C)N(CC)CC1CCCCN1. The van der Waals surface area contributed by atoms with Gasteiger partial charge in [-0.25, -0.2) is 0 Å². The molecule has 0 bridgehead atoms. The second kappa shape index (κ2) is 8.04. The zero-order valence-corrected chi connectivity index (χ0v) is 11.2. The van der Waals surface area contributed by atoms with Gasteiger partial charge in [0.25, 0.3) is 0 Å². The van der Waals surface area contributed by atoms with Crippen molar-refractivity contribution in [1.29, 1.82) is 0 Å². The molecule has 0 saturated carbocycles. The standard InChI is InChI=1S/C13H28N2O/c1-4-15(12(3)11-16-5-2)10-13-8-6-7-9-14-13/h12-14H,4-11H2,1-3H3. The normalized spacial score (nSPS) is 23.6. The van der Waals surface area contributed by atoms with E-state index in [0.29, 0.717) is 12.1 Å². The minimum Gasteiger partial charge on any atom is -0.380 e. The first-order valence-corrected chi connectivity index (χ1v) is 6.83. The number of nitrogens with zero attached hydrogens (tertiary/aromatic N) is 1. The van der Waals surface area contributed by atoms with E-state index in [1.165, 1.54) is 32.4 Å². The minimum atomic E-state index is 0.536. The molecule has 1 rings (SSSR count). The molecule has 3 nitrogen and oxygen atoms in total.